The maximum atomic E-state index is 12.8. The first-order valence-electron chi connectivity index (χ1n) is 6.32. The van der Waals surface area contributed by atoms with Gasteiger partial charge in [0.05, 0.1) is 6.10 Å². The number of halogens is 3. The summed E-state index contributed by atoms with van der Waals surface area (Å²) in [5.41, 5.74) is 5.51. The largest absolute Gasteiger partial charge is 0.416 e. The van der Waals surface area contributed by atoms with Crippen LogP contribution in [0.25, 0.3) is 0 Å². The normalized spacial score (nSPS) is 30.0. The molecular formula is C12H22F3NO. The van der Waals surface area contributed by atoms with E-state index in [1.807, 2.05) is 0 Å². The molecule has 4 atom stereocenters. The van der Waals surface area contributed by atoms with Gasteiger partial charge in [-0.3, -0.25) is 0 Å². The fourth-order valence-electron chi connectivity index (χ4n) is 2.34. The third-order valence-electron chi connectivity index (χ3n) is 3.41. The molecule has 0 heterocycles. The maximum absolute atomic E-state index is 12.8. The first-order valence-corrected chi connectivity index (χ1v) is 6.32. The molecule has 1 fully saturated rings. The van der Waals surface area contributed by atoms with Crippen molar-refractivity contribution in [3.05, 3.63) is 0 Å². The maximum Gasteiger partial charge on any atom is 0.416 e. The Labute approximate surface area is 101 Å². The van der Waals surface area contributed by atoms with Crippen molar-refractivity contribution in [1.82, 2.24) is 0 Å². The van der Waals surface area contributed by atoms with E-state index in [-0.39, 0.29) is 12.5 Å². The van der Waals surface area contributed by atoms with Gasteiger partial charge < -0.3 is 10.5 Å². The topological polar surface area (TPSA) is 35.2 Å². The lowest BCUT2D eigenvalue weighted by Gasteiger charge is -2.33. The van der Waals surface area contributed by atoms with Gasteiger partial charge in [-0.15, -0.1) is 0 Å². The zero-order chi connectivity index (χ0) is 13.1. The highest BCUT2D eigenvalue weighted by molar-refractivity contribution is 4.82. The fraction of sp³-hybridized carbons (Fsp3) is 1.00. The predicted molar refractivity (Wildman–Crippen MR) is 60.6 cm³/mol. The smallest absolute Gasteiger partial charge is 0.364 e. The Morgan fingerprint density at radius 2 is 2.00 bits per heavy atom. The average molecular weight is 253 g/mol. The molecule has 5 heteroatoms. The molecule has 102 valence electrons. The molecule has 0 aromatic heterocycles. The summed E-state index contributed by atoms with van der Waals surface area (Å²) in [5, 5.41) is 0. The van der Waals surface area contributed by atoms with Gasteiger partial charge in [0.1, 0.15) is 0 Å². The molecule has 0 saturated heterocycles. The van der Waals surface area contributed by atoms with E-state index >= 15 is 0 Å². The highest BCUT2D eigenvalue weighted by Gasteiger charge is 2.45. The highest BCUT2D eigenvalue weighted by atomic mass is 19.4. The number of ether oxygens (including phenoxy) is 1. The molecule has 1 rings (SSSR count). The number of nitrogens with two attached hydrogens (primary N) is 1. The predicted octanol–water partition coefficient (Wildman–Crippen LogP) is 3.25. The van der Waals surface area contributed by atoms with Crippen molar-refractivity contribution in [2.45, 2.75) is 70.4 Å². The third-order valence-corrected chi connectivity index (χ3v) is 3.41. The van der Waals surface area contributed by atoms with E-state index in [0.717, 1.165) is 12.8 Å². The van der Waals surface area contributed by atoms with Crippen LogP contribution in [0.15, 0.2) is 0 Å². The molecule has 0 aromatic carbocycles. The van der Waals surface area contributed by atoms with Crippen LogP contribution in [0.5, 0.6) is 0 Å². The third kappa shape index (κ3) is 4.47. The minimum atomic E-state index is -4.36. The van der Waals surface area contributed by atoms with E-state index in [1.165, 1.54) is 0 Å². The van der Waals surface area contributed by atoms with Gasteiger partial charge in [-0.25, -0.2) is 0 Å². The summed E-state index contributed by atoms with van der Waals surface area (Å²) in [6, 6.07) is -0.966. The molecule has 17 heavy (non-hydrogen) atoms. The summed E-state index contributed by atoms with van der Waals surface area (Å²) in [7, 11) is 0. The molecule has 4 unspecified atom stereocenters. The Bertz CT molecular complexity index is 232. The van der Waals surface area contributed by atoms with Crippen LogP contribution in [0.1, 0.15) is 46.0 Å². The molecule has 2 N–H and O–H groups in total. The summed E-state index contributed by atoms with van der Waals surface area (Å²) in [6.07, 6.45) is -2.75. The van der Waals surface area contributed by atoms with Crippen molar-refractivity contribution in [2.24, 2.45) is 11.7 Å². The summed E-state index contributed by atoms with van der Waals surface area (Å²) >= 11 is 0. The summed E-state index contributed by atoms with van der Waals surface area (Å²) in [6.45, 7) is 3.70. The van der Waals surface area contributed by atoms with E-state index in [9.17, 15) is 13.2 Å². The molecular weight excluding hydrogens is 231 g/mol. The van der Waals surface area contributed by atoms with E-state index in [1.54, 1.807) is 6.92 Å². The number of hydrogen-bond acceptors (Lipinski definition) is 2. The zero-order valence-corrected chi connectivity index (χ0v) is 10.5. The molecule has 0 bridgehead atoms. The first kappa shape index (κ1) is 14.8. The number of hydrogen-bond donors (Lipinski definition) is 1. The van der Waals surface area contributed by atoms with Crippen LogP contribution in [0, 0.1) is 5.92 Å². The molecule has 1 saturated carbocycles. The standard InChI is InChI=1S/C12H22F3NO/c1-3-10(16)11(12(13,14)15)17-9-6-4-5-8(2)7-9/h8-11H,3-7,16H2,1-2H3. The molecule has 2 nitrogen and oxygen atoms in total. The fourth-order valence-corrected chi connectivity index (χ4v) is 2.34. The van der Waals surface area contributed by atoms with Crippen LogP contribution in [0.3, 0.4) is 0 Å². The average Bonchev–Trinajstić information content (AvgIpc) is 2.23. The van der Waals surface area contributed by atoms with Gasteiger partial charge in [0.2, 0.25) is 0 Å². The second kappa shape index (κ2) is 6.05. The Hall–Kier alpha value is -0.290. The quantitative estimate of drug-likeness (QED) is 0.834. The zero-order valence-electron chi connectivity index (χ0n) is 10.5. The van der Waals surface area contributed by atoms with Crippen molar-refractivity contribution < 1.29 is 17.9 Å². The van der Waals surface area contributed by atoms with Gasteiger partial charge in [-0.2, -0.15) is 13.2 Å². The number of rotatable bonds is 4. The van der Waals surface area contributed by atoms with Gasteiger partial charge in [0.25, 0.3) is 0 Å². The summed E-state index contributed by atoms with van der Waals surface area (Å²) < 4.78 is 43.6. The number of alkyl halides is 3. The van der Waals surface area contributed by atoms with Crippen molar-refractivity contribution in [3.8, 4) is 0 Å². The van der Waals surface area contributed by atoms with Crippen molar-refractivity contribution in [3.63, 3.8) is 0 Å². The minimum Gasteiger partial charge on any atom is -0.364 e. The van der Waals surface area contributed by atoms with E-state index in [0.29, 0.717) is 18.8 Å². The SMILES string of the molecule is CCC(N)C(OC1CCCC(C)C1)C(F)(F)F. The van der Waals surface area contributed by atoms with E-state index in [2.05, 4.69) is 6.92 Å². The monoisotopic (exact) mass is 253 g/mol. The molecule has 0 aliphatic heterocycles. The van der Waals surface area contributed by atoms with Crippen LogP contribution in [0.4, 0.5) is 13.2 Å². The Balaban J connectivity index is 2.59. The van der Waals surface area contributed by atoms with Crippen molar-refractivity contribution >= 4 is 0 Å². The second-order valence-corrected chi connectivity index (χ2v) is 5.06. The Kier molecular flexibility index (Phi) is 5.25. The van der Waals surface area contributed by atoms with Crippen LogP contribution < -0.4 is 5.73 Å². The molecule has 0 radical (unpaired) electrons. The second-order valence-electron chi connectivity index (χ2n) is 5.06. The van der Waals surface area contributed by atoms with Crippen molar-refractivity contribution in [2.75, 3.05) is 0 Å². The van der Waals surface area contributed by atoms with Crippen LogP contribution in [0.2, 0.25) is 0 Å². The van der Waals surface area contributed by atoms with Crippen molar-refractivity contribution in [1.29, 1.82) is 0 Å². The van der Waals surface area contributed by atoms with Crippen LogP contribution in [-0.2, 0) is 4.74 Å². The first-order chi connectivity index (χ1) is 7.84. The minimum absolute atomic E-state index is 0.270. The lowest BCUT2D eigenvalue weighted by atomic mass is 9.88. The summed E-state index contributed by atoms with van der Waals surface area (Å²) in [4.78, 5) is 0. The molecule has 1 aliphatic carbocycles. The van der Waals surface area contributed by atoms with E-state index < -0.39 is 18.3 Å². The van der Waals surface area contributed by atoms with Gasteiger partial charge in [-0.1, -0.05) is 26.7 Å². The lowest BCUT2D eigenvalue weighted by molar-refractivity contribution is -0.242. The molecule has 0 aromatic rings. The Morgan fingerprint density at radius 3 is 2.47 bits per heavy atom. The van der Waals surface area contributed by atoms with Gasteiger partial charge in [0, 0.05) is 6.04 Å². The molecule has 0 spiro atoms. The molecule has 1 aliphatic rings. The molecule has 0 amide bonds. The summed E-state index contributed by atoms with van der Waals surface area (Å²) in [5.74, 6) is 0.445. The van der Waals surface area contributed by atoms with Gasteiger partial charge in [-0.05, 0) is 25.2 Å². The Morgan fingerprint density at radius 1 is 1.35 bits per heavy atom. The van der Waals surface area contributed by atoms with Crippen LogP contribution in [-0.4, -0.2) is 24.4 Å². The van der Waals surface area contributed by atoms with Gasteiger partial charge >= 0.3 is 6.18 Å². The highest BCUT2D eigenvalue weighted by Crippen LogP contribution is 2.32. The lowest BCUT2D eigenvalue weighted by Crippen LogP contribution is -2.48. The van der Waals surface area contributed by atoms with E-state index in [4.69, 9.17) is 10.5 Å². The van der Waals surface area contributed by atoms with Gasteiger partial charge in [0.15, 0.2) is 6.10 Å². The van der Waals surface area contributed by atoms with Crippen LogP contribution >= 0.6 is 0 Å².